The average molecular weight is 317 g/mol. The van der Waals surface area contributed by atoms with E-state index in [2.05, 4.69) is 29.2 Å². The third kappa shape index (κ3) is 4.49. The number of allylic oxidation sites excluding steroid dienone is 2. The molecule has 0 bridgehead atoms. The number of hydrogen-bond acceptors (Lipinski definition) is 4. The van der Waals surface area contributed by atoms with Gasteiger partial charge in [0.2, 0.25) is 0 Å². The molecule has 0 saturated carbocycles. The molecule has 3 rings (SSSR count). The number of rotatable bonds is 2. The van der Waals surface area contributed by atoms with Gasteiger partial charge in [-0.05, 0) is 49.9 Å². The number of anilines is 1. The van der Waals surface area contributed by atoms with Crippen LogP contribution >= 0.6 is 0 Å². The zero-order valence-corrected chi connectivity index (χ0v) is 13.9. The van der Waals surface area contributed by atoms with Crippen molar-refractivity contribution in [2.24, 2.45) is 0 Å². The van der Waals surface area contributed by atoms with Crippen LogP contribution in [0.5, 0.6) is 5.75 Å². The Kier molecular flexibility index (Phi) is 5.94. The van der Waals surface area contributed by atoms with Crippen molar-refractivity contribution in [3.63, 3.8) is 0 Å². The van der Waals surface area contributed by atoms with Gasteiger partial charge in [-0.2, -0.15) is 0 Å². The molecule has 4 nitrogen and oxygen atoms in total. The molecule has 1 saturated heterocycles. The van der Waals surface area contributed by atoms with E-state index in [1.54, 1.807) is 7.11 Å². The molecule has 0 radical (unpaired) electrons. The summed E-state index contributed by atoms with van der Waals surface area (Å²) in [7, 11) is 1.70. The summed E-state index contributed by atoms with van der Waals surface area (Å²) >= 11 is 0. The van der Waals surface area contributed by atoms with E-state index in [0.717, 1.165) is 57.9 Å². The van der Waals surface area contributed by atoms with Crippen molar-refractivity contribution >= 4 is 5.69 Å². The van der Waals surface area contributed by atoms with Crippen LogP contribution in [0.1, 0.15) is 25.7 Å². The van der Waals surface area contributed by atoms with Crippen molar-refractivity contribution in [2.45, 2.75) is 37.8 Å². The Morgan fingerprint density at radius 1 is 0.913 bits per heavy atom. The summed E-state index contributed by atoms with van der Waals surface area (Å²) in [5.74, 6) is 0.891. The van der Waals surface area contributed by atoms with E-state index in [-0.39, 0.29) is 0 Å². The van der Waals surface area contributed by atoms with Gasteiger partial charge in [-0.1, -0.05) is 12.2 Å². The third-order valence-electron chi connectivity index (χ3n) is 4.50. The highest BCUT2D eigenvalue weighted by Gasteiger charge is 2.47. The van der Waals surface area contributed by atoms with Crippen LogP contribution in [0.4, 0.5) is 5.69 Å². The fraction of sp³-hybridized carbons (Fsp3) is 0.579. The first-order chi connectivity index (χ1) is 11.4. The fourth-order valence-electron chi connectivity index (χ4n) is 3.11. The van der Waals surface area contributed by atoms with Crippen LogP contribution in [0, 0.1) is 0 Å². The van der Waals surface area contributed by atoms with Crippen molar-refractivity contribution in [3.05, 3.63) is 36.4 Å². The summed E-state index contributed by atoms with van der Waals surface area (Å²) in [5, 5.41) is 0. The summed E-state index contributed by atoms with van der Waals surface area (Å²) in [5.41, 5.74) is 1.22. The van der Waals surface area contributed by atoms with E-state index in [0.29, 0.717) is 12.1 Å². The smallest absolute Gasteiger partial charge is 0.119 e. The monoisotopic (exact) mass is 317 g/mol. The van der Waals surface area contributed by atoms with E-state index >= 15 is 0 Å². The molecule has 0 aliphatic carbocycles. The maximum atomic E-state index is 5.87. The van der Waals surface area contributed by atoms with Crippen LogP contribution < -0.4 is 9.64 Å². The summed E-state index contributed by atoms with van der Waals surface area (Å²) in [4.78, 5) is 2.40. The lowest BCUT2D eigenvalue weighted by atomic mass is 10.2. The first-order valence-electron chi connectivity index (χ1n) is 8.63. The topological polar surface area (TPSA) is 30.7 Å². The number of benzene rings is 1. The molecule has 23 heavy (non-hydrogen) atoms. The van der Waals surface area contributed by atoms with Gasteiger partial charge in [0.05, 0.1) is 32.4 Å². The minimum atomic E-state index is 0.432. The molecule has 2 aliphatic rings. The van der Waals surface area contributed by atoms with Crippen LogP contribution in [0.25, 0.3) is 0 Å². The lowest BCUT2D eigenvalue weighted by Crippen LogP contribution is -2.11. The standard InChI is InChI=1S/C19H27NO3/c1-21-17-10-8-16(9-11-17)20-18-14-22-12-6-4-2-3-5-7-13-23-15-19(18)20/h2-3,8-11,18-19H,4-7,12-15H2,1H3/b3-2-/t18-,19+,20?. The van der Waals surface area contributed by atoms with Gasteiger partial charge in [0, 0.05) is 18.9 Å². The molecule has 0 unspecified atom stereocenters. The van der Waals surface area contributed by atoms with Crippen LogP contribution in [0.2, 0.25) is 0 Å². The van der Waals surface area contributed by atoms with Crippen LogP contribution in [-0.2, 0) is 9.47 Å². The molecule has 0 spiro atoms. The maximum absolute atomic E-state index is 5.87. The van der Waals surface area contributed by atoms with Gasteiger partial charge in [0.1, 0.15) is 5.75 Å². The molecule has 0 N–H and O–H groups in total. The average Bonchev–Trinajstić information content (AvgIpc) is 3.28. The lowest BCUT2D eigenvalue weighted by Gasteiger charge is -2.08. The molecule has 1 fully saturated rings. The Morgan fingerprint density at radius 3 is 2.00 bits per heavy atom. The number of methoxy groups -OCH3 is 1. The number of nitrogens with zero attached hydrogens (tertiary/aromatic N) is 1. The first kappa shape index (κ1) is 16.3. The van der Waals surface area contributed by atoms with Crippen LogP contribution in [0.3, 0.4) is 0 Å². The fourth-order valence-corrected chi connectivity index (χ4v) is 3.11. The predicted octanol–water partition coefficient (Wildman–Crippen LogP) is 3.42. The van der Waals surface area contributed by atoms with Crippen LogP contribution in [-0.4, -0.2) is 45.6 Å². The van der Waals surface area contributed by atoms with Crippen molar-refractivity contribution in [2.75, 3.05) is 38.4 Å². The molecule has 0 aromatic heterocycles. The molecule has 0 amide bonds. The molecule has 2 heterocycles. The third-order valence-corrected chi connectivity index (χ3v) is 4.50. The van der Waals surface area contributed by atoms with Gasteiger partial charge < -0.3 is 19.1 Å². The van der Waals surface area contributed by atoms with E-state index in [9.17, 15) is 0 Å². The summed E-state index contributed by atoms with van der Waals surface area (Å²) in [6.07, 6.45) is 8.95. The minimum Gasteiger partial charge on any atom is -0.497 e. The van der Waals surface area contributed by atoms with E-state index in [1.807, 2.05) is 12.1 Å². The molecule has 126 valence electrons. The Balaban J connectivity index is 1.59. The highest BCUT2D eigenvalue weighted by atomic mass is 16.5. The van der Waals surface area contributed by atoms with Gasteiger partial charge in [0.25, 0.3) is 0 Å². The van der Waals surface area contributed by atoms with Crippen molar-refractivity contribution in [1.29, 1.82) is 0 Å². The highest BCUT2D eigenvalue weighted by molar-refractivity contribution is 5.58. The maximum Gasteiger partial charge on any atom is 0.119 e. The largest absolute Gasteiger partial charge is 0.497 e. The van der Waals surface area contributed by atoms with Gasteiger partial charge in [0.15, 0.2) is 0 Å². The molecule has 2 aliphatic heterocycles. The van der Waals surface area contributed by atoms with Gasteiger partial charge >= 0.3 is 0 Å². The molecular weight excluding hydrogens is 290 g/mol. The van der Waals surface area contributed by atoms with Crippen molar-refractivity contribution in [3.8, 4) is 5.75 Å². The molecule has 4 heteroatoms. The molecular formula is C19H27NO3. The van der Waals surface area contributed by atoms with E-state index in [4.69, 9.17) is 14.2 Å². The second-order valence-electron chi connectivity index (χ2n) is 6.15. The normalized spacial score (nSPS) is 27.6. The zero-order chi connectivity index (χ0) is 15.9. The van der Waals surface area contributed by atoms with Gasteiger partial charge in [-0.3, -0.25) is 0 Å². The molecule has 1 aromatic rings. The zero-order valence-electron chi connectivity index (χ0n) is 13.9. The minimum absolute atomic E-state index is 0.432. The van der Waals surface area contributed by atoms with Crippen molar-refractivity contribution < 1.29 is 14.2 Å². The van der Waals surface area contributed by atoms with E-state index < -0.39 is 0 Å². The molecule has 1 aromatic carbocycles. The summed E-state index contributed by atoms with van der Waals surface area (Å²) in [6, 6.07) is 9.12. The van der Waals surface area contributed by atoms with Gasteiger partial charge in [-0.25, -0.2) is 0 Å². The van der Waals surface area contributed by atoms with Crippen molar-refractivity contribution in [1.82, 2.24) is 0 Å². The summed E-state index contributed by atoms with van der Waals surface area (Å²) in [6.45, 7) is 3.24. The number of ether oxygens (including phenoxy) is 3. The highest BCUT2D eigenvalue weighted by Crippen LogP contribution is 2.36. The van der Waals surface area contributed by atoms with Gasteiger partial charge in [-0.15, -0.1) is 0 Å². The Morgan fingerprint density at radius 2 is 1.48 bits per heavy atom. The van der Waals surface area contributed by atoms with E-state index in [1.165, 1.54) is 5.69 Å². The Hall–Kier alpha value is -1.52. The number of fused-ring (bicyclic) bond motifs is 1. The summed E-state index contributed by atoms with van der Waals surface area (Å²) < 4.78 is 17.0. The lowest BCUT2D eigenvalue weighted by molar-refractivity contribution is 0.116. The Bertz CT molecular complexity index is 478. The SMILES string of the molecule is COc1ccc(N2[C@@H]3COCCC/C=C\CCCOC[C@@H]32)cc1. The van der Waals surface area contributed by atoms with Crippen LogP contribution in [0.15, 0.2) is 36.4 Å². The quantitative estimate of drug-likeness (QED) is 0.618. The number of hydrogen-bond donors (Lipinski definition) is 0. The molecule has 2 atom stereocenters. The second kappa shape index (κ2) is 8.37. The first-order valence-corrected chi connectivity index (χ1v) is 8.63. The predicted molar refractivity (Wildman–Crippen MR) is 92.3 cm³/mol. The Labute approximate surface area is 139 Å². The second-order valence-corrected chi connectivity index (χ2v) is 6.15.